The minimum absolute atomic E-state index is 0.0681. The lowest BCUT2D eigenvalue weighted by molar-refractivity contribution is -0.197. The summed E-state index contributed by atoms with van der Waals surface area (Å²) in [6, 6.07) is 0. The molecular formula is C22H35NO10. The van der Waals surface area contributed by atoms with E-state index >= 15 is 0 Å². The van der Waals surface area contributed by atoms with Gasteiger partial charge in [-0.3, -0.25) is 9.59 Å². The molecule has 11 heteroatoms. The van der Waals surface area contributed by atoms with Crippen LogP contribution in [0.25, 0.3) is 0 Å². The number of methoxy groups -OCH3 is 1. The maximum atomic E-state index is 12.4. The van der Waals surface area contributed by atoms with E-state index in [9.17, 15) is 35.1 Å². The van der Waals surface area contributed by atoms with Crippen molar-refractivity contribution in [3.8, 4) is 0 Å². The van der Waals surface area contributed by atoms with Crippen LogP contribution < -0.4 is 5.32 Å². The zero-order valence-corrected chi connectivity index (χ0v) is 19.1. The first-order valence-corrected chi connectivity index (χ1v) is 11.3. The predicted molar refractivity (Wildman–Crippen MR) is 112 cm³/mol. The minimum atomic E-state index is -1.76. The molecule has 1 heterocycles. The molecule has 0 aromatic rings. The molecule has 3 aliphatic rings. The van der Waals surface area contributed by atoms with Crippen LogP contribution in [0.2, 0.25) is 0 Å². The maximum Gasteiger partial charge on any atom is 0.310 e. The van der Waals surface area contributed by atoms with Gasteiger partial charge >= 0.3 is 11.9 Å². The smallest absolute Gasteiger partial charge is 0.310 e. The normalized spacial score (nSPS) is 41.1. The summed E-state index contributed by atoms with van der Waals surface area (Å²) < 4.78 is 16.8. The molecule has 0 aromatic heterocycles. The van der Waals surface area contributed by atoms with E-state index in [1.807, 2.05) is 0 Å². The van der Waals surface area contributed by atoms with Crippen molar-refractivity contribution in [3.63, 3.8) is 0 Å². The van der Waals surface area contributed by atoms with E-state index in [2.05, 4.69) is 5.32 Å². The van der Waals surface area contributed by atoms with Gasteiger partial charge in [-0.25, -0.2) is 0 Å². The number of carbonyl (C=O) groups is 2. The van der Waals surface area contributed by atoms with Gasteiger partial charge in [-0.15, -0.1) is 0 Å². The van der Waals surface area contributed by atoms with Gasteiger partial charge in [0, 0.05) is 20.0 Å². The second-order valence-corrected chi connectivity index (χ2v) is 9.49. The van der Waals surface area contributed by atoms with Gasteiger partial charge in [0.25, 0.3) is 0 Å². The van der Waals surface area contributed by atoms with Crippen LogP contribution in [0.4, 0.5) is 0 Å². The number of aliphatic carboxylic acids is 1. The van der Waals surface area contributed by atoms with Crippen LogP contribution >= 0.6 is 0 Å². The fourth-order valence-electron chi connectivity index (χ4n) is 5.63. The number of carboxylic acid groups (broad SMARTS) is 1. The first kappa shape index (κ1) is 25.7. The number of carbonyl (C=O) groups excluding carboxylic acids is 1. The summed E-state index contributed by atoms with van der Waals surface area (Å²) >= 11 is 0. The summed E-state index contributed by atoms with van der Waals surface area (Å²) in [7, 11) is 1.38. The lowest BCUT2D eigenvalue weighted by atomic mass is 9.81. The van der Waals surface area contributed by atoms with Crippen LogP contribution in [-0.4, -0.2) is 87.7 Å². The molecule has 0 radical (unpaired) electrons. The molecule has 2 saturated carbocycles. The van der Waals surface area contributed by atoms with E-state index in [1.54, 1.807) is 6.92 Å². The molecule has 2 fully saturated rings. The number of ether oxygens (including phenoxy) is 3. The third-order valence-electron chi connectivity index (χ3n) is 7.25. The summed E-state index contributed by atoms with van der Waals surface area (Å²) in [5.41, 5.74) is -1.69. The highest BCUT2D eigenvalue weighted by Gasteiger charge is 2.57. The Morgan fingerprint density at radius 1 is 1.27 bits per heavy atom. The van der Waals surface area contributed by atoms with Crippen LogP contribution in [0.5, 0.6) is 0 Å². The van der Waals surface area contributed by atoms with Gasteiger partial charge in [-0.1, -0.05) is 19.8 Å². The minimum Gasteiger partial charge on any atom is -0.481 e. The third kappa shape index (κ3) is 4.97. The maximum absolute atomic E-state index is 12.4. The van der Waals surface area contributed by atoms with Gasteiger partial charge < -0.3 is 45.1 Å². The van der Waals surface area contributed by atoms with E-state index in [1.165, 1.54) is 14.0 Å². The summed E-state index contributed by atoms with van der Waals surface area (Å²) in [5.74, 6) is -4.33. The number of fused-ring (bicyclic) bond motifs is 1. The van der Waals surface area contributed by atoms with Crippen molar-refractivity contribution >= 4 is 11.9 Å². The van der Waals surface area contributed by atoms with Crippen molar-refractivity contribution in [1.29, 1.82) is 0 Å². The molecular weight excluding hydrogens is 438 g/mol. The van der Waals surface area contributed by atoms with Crippen LogP contribution in [0, 0.1) is 23.7 Å². The Morgan fingerprint density at radius 2 is 1.97 bits per heavy atom. The molecule has 2 aliphatic carbocycles. The van der Waals surface area contributed by atoms with Crippen LogP contribution in [0.3, 0.4) is 0 Å². The highest BCUT2D eigenvalue weighted by Crippen LogP contribution is 2.49. The summed E-state index contributed by atoms with van der Waals surface area (Å²) in [5, 5.41) is 55.3. The molecule has 6 unspecified atom stereocenters. The second kappa shape index (κ2) is 10.1. The topological polar surface area (TPSA) is 175 Å². The zero-order chi connectivity index (χ0) is 24.5. The van der Waals surface area contributed by atoms with Crippen LogP contribution in [0.1, 0.15) is 39.5 Å². The van der Waals surface area contributed by atoms with E-state index in [0.29, 0.717) is 12.8 Å². The average Bonchev–Trinajstić information content (AvgIpc) is 3.15. The van der Waals surface area contributed by atoms with Crippen molar-refractivity contribution in [2.75, 3.05) is 20.3 Å². The van der Waals surface area contributed by atoms with Crippen LogP contribution in [0.15, 0.2) is 11.6 Å². The van der Waals surface area contributed by atoms with Crippen molar-refractivity contribution in [2.45, 2.75) is 69.5 Å². The molecule has 33 heavy (non-hydrogen) atoms. The first-order chi connectivity index (χ1) is 15.5. The van der Waals surface area contributed by atoms with Gasteiger partial charge in [0.2, 0.25) is 5.91 Å². The first-order valence-electron chi connectivity index (χ1n) is 11.3. The SMILES string of the molecule is COCC1(O)CC2CCC[C@H]2[C@@H](C(=O)O)C(OC2=C(NC(C)=O)[C@H](C)C(O)C(CO)O2)C1O. The fourth-order valence-corrected chi connectivity index (χ4v) is 5.63. The fraction of sp³-hybridized carbons (Fsp3) is 0.818. The molecule has 0 aromatic carbocycles. The van der Waals surface area contributed by atoms with Crippen molar-refractivity contribution in [3.05, 3.63) is 11.6 Å². The Balaban J connectivity index is 2.07. The second-order valence-electron chi connectivity index (χ2n) is 9.49. The Bertz CT molecular complexity index is 772. The molecule has 6 N–H and O–H groups in total. The molecule has 11 nitrogen and oxygen atoms in total. The molecule has 1 aliphatic heterocycles. The van der Waals surface area contributed by atoms with E-state index in [0.717, 1.165) is 6.42 Å². The highest BCUT2D eigenvalue weighted by molar-refractivity contribution is 5.75. The number of hydrogen-bond acceptors (Lipinski definition) is 9. The summed E-state index contributed by atoms with van der Waals surface area (Å²) in [6.45, 7) is 2.07. The molecule has 0 bridgehead atoms. The van der Waals surface area contributed by atoms with Gasteiger partial charge in [-0.05, 0) is 24.7 Å². The standard InChI is InChI=1S/C22H35NO10/c1-10-16(23-11(2)25)21(32-14(8-24)17(10)26)33-18-15(20(28)29)13-6-4-5-12(13)7-22(30,9-31-3)19(18)27/h10,12-15,17-19,24,26-27,30H,4-9H2,1-3H3,(H,23,25)(H,28,29)/t10-,12?,13+,14?,15+,17?,18?,19?,22?/m0/s1. The Kier molecular flexibility index (Phi) is 7.90. The largest absolute Gasteiger partial charge is 0.481 e. The van der Waals surface area contributed by atoms with E-state index < -0.39 is 60.3 Å². The molecule has 0 saturated heterocycles. The summed E-state index contributed by atoms with van der Waals surface area (Å²) in [4.78, 5) is 24.2. The lowest BCUT2D eigenvalue weighted by Crippen LogP contribution is -2.55. The molecule has 1 amide bonds. The molecule has 0 spiro atoms. The number of aliphatic hydroxyl groups is 4. The number of rotatable bonds is 7. The number of hydrogen-bond donors (Lipinski definition) is 6. The number of amides is 1. The van der Waals surface area contributed by atoms with Crippen molar-refractivity contribution in [2.24, 2.45) is 23.7 Å². The lowest BCUT2D eigenvalue weighted by Gasteiger charge is -2.40. The number of nitrogens with one attached hydrogen (secondary N) is 1. The zero-order valence-electron chi connectivity index (χ0n) is 19.1. The van der Waals surface area contributed by atoms with E-state index in [-0.39, 0.29) is 36.5 Å². The third-order valence-corrected chi connectivity index (χ3v) is 7.25. The Morgan fingerprint density at radius 3 is 2.55 bits per heavy atom. The Labute approximate surface area is 192 Å². The van der Waals surface area contributed by atoms with Gasteiger partial charge in [0.15, 0.2) is 6.10 Å². The van der Waals surface area contributed by atoms with Gasteiger partial charge in [0.1, 0.15) is 29.6 Å². The highest BCUT2D eigenvalue weighted by atomic mass is 16.7. The number of carboxylic acids is 1. The van der Waals surface area contributed by atoms with Crippen molar-refractivity contribution in [1.82, 2.24) is 5.32 Å². The Hall–Kier alpha value is -1.92. The molecule has 3 rings (SSSR count). The van der Waals surface area contributed by atoms with Gasteiger partial charge in [-0.2, -0.15) is 0 Å². The van der Waals surface area contributed by atoms with Crippen molar-refractivity contribution < 1.29 is 49.3 Å². The van der Waals surface area contributed by atoms with Gasteiger partial charge in [0.05, 0.1) is 19.1 Å². The molecule has 188 valence electrons. The predicted octanol–water partition coefficient (Wildman–Crippen LogP) is -0.676. The summed E-state index contributed by atoms with van der Waals surface area (Å²) in [6.07, 6.45) is -3.07. The monoisotopic (exact) mass is 473 g/mol. The van der Waals surface area contributed by atoms with Crippen LogP contribution in [-0.2, 0) is 23.8 Å². The number of aliphatic hydroxyl groups excluding tert-OH is 3. The average molecular weight is 474 g/mol. The molecule has 9 atom stereocenters. The van der Waals surface area contributed by atoms with E-state index in [4.69, 9.17) is 14.2 Å². The quantitative estimate of drug-likeness (QED) is 0.278.